The van der Waals surface area contributed by atoms with E-state index in [9.17, 15) is 9.59 Å². The maximum atomic E-state index is 12.4. The Morgan fingerprint density at radius 2 is 1.68 bits per heavy atom. The summed E-state index contributed by atoms with van der Waals surface area (Å²) in [5.74, 6) is -0.370. The van der Waals surface area contributed by atoms with Gasteiger partial charge >= 0.3 is 6.03 Å². The van der Waals surface area contributed by atoms with Gasteiger partial charge in [0.1, 0.15) is 5.25 Å². The first-order valence-corrected chi connectivity index (χ1v) is 7.85. The van der Waals surface area contributed by atoms with E-state index in [4.69, 9.17) is 11.6 Å². The quantitative estimate of drug-likeness (QED) is 0.839. The zero-order valence-corrected chi connectivity index (χ0v) is 13.4. The predicted molar refractivity (Wildman–Crippen MR) is 89.1 cm³/mol. The number of rotatable bonds is 4. The molecule has 0 fully saturated rings. The maximum absolute atomic E-state index is 12.4. The number of amides is 3. The Labute approximate surface area is 138 Å². The molecule has 0 aliphatic carbocycles. The minimum Gasteiger partial charge on any atom is -0.341 e. The van der Waals surface area contributed by atoms with E-state index >= 15 is 0 Å². The van der Waals surface area contributed by atoms with E-state index in [1.54, 1.807) is 12.1 Å². The summed E-state index contributed by atoms with van der Waals surface area (Å²) in [6.07, 6.45) is 0. The third-order valence-electron chi connectivity index (χ3n) is 2.87. The molecule has 0 bridgehead atoms. The van der Waals surface area contributed by atoms with Crippen molar-refractivity contribution in [3.05, 3.63) is 65.2 Å². The van der Waals surface area contributed by atoms with E-state index in [1.807, 2.05) is 42.5 Å². The lowest BCUT2D eigenvalue weighted by Gasteiger charge is -2.16. The van der Waals surface area contributed by atoms with Crippen LogP contribution in [0, 0.1) is 0 Å². The van der Waals surface area contributed by atoms with Gasteiger partial charge in [0.05, 0.1) is 0 Å². The molecule has 2 rings (SSSR count). The molecular weight excluding hydrogens is 320 g/mol. The molecule has 0 aromatic heterocycles. The summed E-state index contributed by atoms with van der Waals surface area (Å²) in [4.78, 5) is 24.6. The molecule has 2 aromatic rings. The maximum Gasteiger partial charge on any atom is 0.321 e. The van der Waals surface area contributed by atoms with Crippen LogP contribution < -0.4 is 10.6 Å². The highest BCUT2D eigenvalue weighted by Crippen LogP contribution is 2.35. The number of carbonyl (C=O) groups excluding carboxylic acids is 2. The van der Waals surface area contributed by atoms with Gasteiger partial charge in [0.25, 0.3) is 0 Å². The van der Waals surface area contributed by atoms with E-state index in [0.717, 1.165) is 10.5 Å². The van der Waals surface area contributed by atoms with E-state index in [-0.39, 0.29) is 5.91 Å². The van der Waals surface area contributed by atoms with Gasteiger partial charge in [0, 0.05) is 17.0 Å². The molecule has 4 nitrogen and oxygen atoms in total. The summed E-state index contributed by atoms with van der Waals surface area (Å²) in [6.45, 7) is 0. The van der Waals surface area contributed by atoms with Gasteiger partial charge in [-0.2, -0.15) is 0 Å². The zero-order chi connectivity index (χ0) is 15.9. The number of urea groups is 1. The Morgan fingerprint density at radius 3 is 2.27 bits per heavy atom. The van der Waals surface area contributed by atoms with Crippen molar-refractivity contribution in [1.82, 2.24) is 10.6 Å². The lowest BCUT2D eigenvalue weighted by Crippen LogP contribution is -2.39. The Balaban J connectivity index is 2.23. The zero-order valence-electron chi connectivity index (χ0n) is 11.9. The van der Waals surface area contributed by atoms with Crippen molar-refractivity contribution in [3.8, 4) is 0 Å². The third-order valence-corrected chi connectivity index (χ3v) is 4.39. The molecule has 114 valence electrons. The Hall–Kier alpha value is -1.98. The molecule has 0 aliphatic rings. The minimum atomic E-state index is -0.528. The first-order chi connectivity index (χ1) is 10.6. The van der Waals surface area contributed by atoms with Crippen LogP contribution in [0.25, 0.3) is 0 Å². The highest BCUT2D eigenvalue weighted by molar-refractivity contribution is 8.00. The number of thioether (sulfide) groups is 1. The minimum absolute atomic E-state index is 0.370. The Bertz CT molecular complexity index is 647. The fraction of sp³-hybridized carbons (Fsp3) is 0.125. The van der Waals surface area contributed by atoms with Crippen LogP contribution in [-0.2, 0) is 4.79 Å². The second-order valence-corrected chi connectivity index (χ2v) is 6.05. The number of nitrogens with one attached hydrogen (secondary N) is 2. The Kier molecular flexibility index (Phi) is 5.86. The van der Waals surface area contributed by atoms with Gasteiger partial charge in [-0.3, -0.25) is 10.1 Å². The fourth-order valence-electron chi connectivity index (χ4n) is 1.79. The highest BCUT2D eigenvalue weighted by atomic mass is 35.5. The molecule has 0 saturated heterocycles. The SMILES string of the molecule is CNC(=O)NC(=O)[C@H](Sc1ccc(Cl)cc1)c1ccccc1. The average molecular weight is 335 g/mol. The van der Waals surface area contributed by atoms with Crippen LogP contribution in [0.2, 0.25) is 5.02 Å². The molecule has 0 radical (unpaired) electrons. The van der Waals surface area contributed by atoms with E-state index in [0.29, 0.717) is 5.02 Å². The van der Waals surface area contributed by atoms with Crippen LogP contribution in [0.4, 0.5) is 4.79 Å². The van der Waals surface area contributed by atoms with E-state index in [2.05, 4.69) is 10.6 Å². The smallest absolute Gasteiger partial charge is 0.321 e. The summed E-state index contributed by atoms with van der Waals surface area (Å²) >= 11 is 7.23. The lowest BCUT2D eigenvalue weighted by molar-refractivity contribution is -0.119. The van der Waals surface area contributed by atoms with Crippen LogP contribution in [0.3, 0.4) is 0 Å². The number of benzene rings is 2. The highest BCUT2D eigenvalue weighted by Gasteiger charge is 2.23. The predicted octanol–water partition coefficient (Wildman–Crippen LogP) is 3.63. The third kappa shape index (κ3) is 4.51. The van der Waals surface area contributed by atoms with Crippen molar-refractivity contribution < 1.29 is 9.59 Å². The van der Waals surface area contributed by atoms with Crippen molar-refractivity contribution in [1.29, 1.82) is 0 Å². The first kappa shape index (κ1) is 16.4. The summed E-state index contributed by atoms with van der Waals surface area (Å²) in [5.41, 5.74) is 0.823. The van der Waals surface area contributed by atoms with Crippen LogP contribution in [0.15, 0.2) is 59.5 Å². The van der Waals surface area contributed by atoms with E-state index in [1.165, 1.54) is 18.8 Å². The average Bonchev–Trinajstić information content (AvgIpc) is 2.54. The lowest BCUT2D eigenvalue weighted by atomic mass is 10.1. The number of imide groups is 1. The standard InChI is InChI=1S/C16H15ClN2O2S/c1-18-16(21)19-15(20)14(11-5-3-2-4-6-11)22-13-9-7-12(17)8-10-13/h2-10,14H,1H3,(H2,18,19,20,21)/t14-/m1/s1. The monoisotopic (exact) mass is 334 g/mol. The largest absolute Gasteiger partial charge is 0.341 e. The number of hydrogen-bond donors (Lipinski definition) is 2. The molecular formula is C16H15ClN2O2S. The molecule has 0 spiro atoms. The molecule has 1 atom stereocenters. The number of hydrogen-bond acceptors (Lipinski definition) is 3. The molecule has 0 saturated carbocycles. The molecule has 3 amide bonds. The van der Waals surface area contributed by atoms with Gasteiger partial charge in [-0.25, -0.2) is 4.79 Å². The van der Waals surface area contributed by atoms with Gasteiger partial charge in [0.15, 0.2) is 0 Å². The molecule has 22 heavy (non-hydrogen) atoms. The molecule has 0 heterocycles. The normalized spacial score (nSPS) is 11.5. The first-order valence-electron chi connectivity index (χ1n) is 6.60. The fourth-order valence-corrected chi connectivity index (χ4v) is 2.94. The van der Waals surface area contributed by atoms with Crippen LogP contribution in [-0.4, -0.2) is 19.0 Å². The van der Waals surface area contributed by atoms with E-state index < -0.39 is 11.3 Å². The molecule has 2 N–H and O–H groups in total. The topological polar surface area (TPSA) is 58.2 Å². The van der Waals surface area contributed by atoms with Crippen molar-refractivity contribution in [2.24, 2.45) is 0 Å². The Morgan fingerprint density at radius 1 is 1.05 bits per heavy atom. The van der Waals surface area contributed by atoms with Crippen LogP contribution in [0.1, 0.15) is 10.8 Å². The summed E-state index contributed by atoms with van der Waals surface area (Å²) in [6, 6.07) is 16.0. The molecule has 2 aromatic carbocycles. The second-order valence-electron chi connectivity index (χ2n) is 4.43. The van der Waals surface area contributed by atoms with Crippen molar-refractivity contribution in [2.45, 2.75) is 10.1 Å². The summed E-state index contributed by atoms with van der Waals surface area (Å²) < 4.78 is 0. The van der Waals surface area contributed by atoms with Gasteiger partial charge in [-0.05, 0) is 29.8 Å². The van der Waals surface area contributed by atoms with Crippen molar-refractivity contribution in [2.75, 3.05) is 7.05 Å². The van der Waals surface area contributed by atoms with Crippen LogP contribution >= 0.6 is 23.4 Å². The summed E-state index contributed by atoms with van der Waals surface area (Å²) in [7, 11) is 1.46. The second kappa shape index (κ2) is 7.87. The molecule has 0 unspecified atom stereocenters. The number of carbonyl (C=O) groups is 2. The van der Waals surface area contributed by atoms with Crippen molar-refractivity contribution >= 4 is 35.3 Å². The van der Waals surface area contributed by atoms with Crippen molar-refractivity contribution in [3.63, 3.8) is 0 Å². The van der Waals surface area contributed by atoms with Gasteiger partial charge in [-0.1, -0.05) is 41.9 Å². The molecule has 6 heteroatoms. The van der Waals surface area contributed by atoms with Gasteiger partial charge in [0.2, 0.25) is 5.91 Å². The van der Waals surface area contributed by atoms with Gasteiger partial charge < -0.3 is 5.32 Å². The van der Waals surface area contributed by atoms with Gasteiger partial charge in [-0.15, -0.1) is 11.8 Å². The summed E-state index contributed by atoms with van der Waals surface area (Å²) in [5, 5.41) is 4.81. The van der Waals surface area contributed by atoms with Crippen LogP contribution in [0.5, 0.6) is 0 Å². The molecule has 0 aliphatic heterocycles. The number of halogens is 1.